The summed E-state index contributed by atoms with van der Waals surface area (Å²) >= 11 is 6.08. The van der Waals surface area contributed by atoms with Gasteiger partial charge in [0, 0.05) is 49.0 Å². The van der Waals surface area contributed by atoms with Crippen LogP contribution in [0.3, 0.4) is 0 Å². The first-order valence-electron chi connectivity index (χ1n) is 11.3. The average molecular weight is 488 g/mol. The van der Waals surface area contributed by atoms with E-state index in [1.807, 2.05) is 6.07 Å². The van der Waals surface area contributed by atoms with Crippen LogP contribution in [0.25, 0.3) is 0 Å². The topological polar surface area (TPSA) is 78.0 Å². The number of carbonyl (C=O) groups excluding carboxylic acids is 2. The van der Waals surface area contributed by atoms with Crippen molar-refractivity contribution < 1.29 is 18.0 Å². The van der Waals surface area contributed by atoms with E-state index < -0.39 is 15.9 Å². The van der Waals surface area contributed by atoms with E-state index in [-0.39, 0.29) is 18.2 Å². The predicted octanol–water partition coefficient (Wildman–Crippen LogP) is 3.46. The SMILES string of the molecule is O=C1CC(C(=O)N2CCCc3cc(S(=O)(=O)N4CCCC4)ccc32)CN1c1cccc(Cl)c1. The van der Waals surface area contributed by atoms with Gasteiger partial charge in [-0.3, -0.25) is 9.59 Å². The molecule has 0 aromatic heterocycles. The summed E-state index contributed by atoms with van der Waals surface area (Å²) in [5.41, 5.74) is 2.31. The highest BCUT2D eigenvalue weighted by Gasteiger charge is 2.39. The number of hydrogen-bond acceptors (Lipinski definition) is 4. The van der Waals surface area contributed by atoms with Crippen molar-refractivity contribution in [3.8, 4) is 0 Å². The molecule has 2 amide bonds. The lowest BCUT2D eigenvalue weighted by atomic mass is 9.99. The van der Waals surface area contributed by atoms with Crippen molar-refractivity contribution in [3.63, 3.8) is 0 Å². The van der Waals surface area contributed by atoms with Gasteiger partial charge in [-0.1, -0.05) is 17.7 Å². The Morgan fingerprint density at radius 1 is 1.00 bits per heavy atom. The molecule has 2 fully saturated rings. The van der Waals surface area contributed by atoms with Gasteiger partial charge in [-0.25, -0.2) is 8.42 Å². The molecule has 0 N–H and O–H groups in total. The molecule has 3 heterocycles. The van der Waals surface area contributed by atoms with E-state index in [1.165, 1.54) is 4.31 Å². The fourth-order valence-corrected chi connectivity index (χ4v) is 6.78. The molecule has 5 rings (SSSR count). The summed E-state index contributed by atoms with van der Waals surface area (Å²) in [7, 11) is -3.51. The van der Waals surface area contributed by atoms with Crippen LogP contribution in [-0.2, 0) is 26.0 Å². The summed E-state index contributed by atoms with van der Waals surface area (Å²) in [6.45, 7) is 1.99. The zero-order valence-electron chi connectivity index (χ0n) is 18.2. The first kappa shape index (κ1) is 22.4. The van der Waals surface area contributed by atoms with Gasteiger partial charge in [0.2, 0.25) is 21.8 Å². The van der Waals surface area contributed by atoms with E-state index in [1.54, 1.807) is 46.2 Å². The Hall–Kier alpha value is -2.42. The van der Waals surface area contributed by atoms with Gasteiger partial charge in [0.1, 0.15) is 0 Å². The minimum absolute atomic E-state index is 0.0935. The molecule has 1 unspecified atom stereocenters. The largest absolute Gasteiger partial charge is 0.312 e. The number of anilines is 2. The highest BCUT2D eigenvalue weighted by molar-refractivity contribution is 7.89. The standard InChI is InChI=1S/C24H26ClN3O4S/c25-19-6-3-7-20(15-19)28-16-18(14-23(28)29)24(30)27-12-4-5-17-13-21(8-9-22(17)27)33(31,32)26-10-1-2-11-26/h3,6-9,13,15,18H,1-2,4-5,10-12,14,16H2. The van der Waals surface area contributed by atoms with Crippen molar-refractivity contribution in [1.29, 1.82) is 0 Å². The van der Waals surface area contributed by atoms with Crippen molar-refractivity contribution in [3.05, 3.63) is 53.1 Å². The van der Waals surface area contributed by atoms with Crippen LogP contribution in [0.4, 0.5) is 11.4 Å². The second-order valence-corrected chi connectivity index (χ2v) is 11.3. The van der Waals surface area contributed by atoms with Gasteiger partial charge >= 0.3 is 0 Å². The maximum absolute atomic E-state index is 13.4. The molecule has 3 aliphatic heterocycles. The highest BCUT2D eigenvalue weighted by atomic mass is 35.5. The van der Waals surface area contributed by atoms with E-state index in [0.717, 1.165) is 36.9 Å². The number of benzene rings is 2. The lowest BCUT2D eigenvalue weighted by molar-refractivity contribution is -0.124. The third-order valence-corrected chi connectivity index (χ3v) is 8.86. The number of amides is 2. The first-order chi connectivity index (χ1) is 15.8. The maximum Gasteiger partial charge on any atom is 0.243 e. The van der Waals surface area contributed by atoms with E-state index in [0.29, 0.717) is 41.8 Å². The first-order valence-corrected chi connectivity index (χ1v) is 13.2. The lowest BCUT2D eigenvalue weighted by Crippen LogP contribution is -2.40. The number of hydrogen-bond donors (Lipinski definition) is 0. The van der Waals surface area contributed by atoms with E-state index in [4.69, 9.17) is 11.6 Å². The van der Waals surface area contributed by atoms with Crippen molar-refractivity contribution in [1.82, 2.24) is 4.31 Å². The molecule has 0 aliphatic carbocycles. The fraction of sp³-hybridized carbons (Fsp3) is 0.417. The smallest absolute Gasteiger partial charge is 0.243 e. The highest BCUT2D eigenvalue weighted by Crippen LogP contribution is 2.34. The molecular weight excluding hydrogens is 462 g/mol. The Labute approximate surface area is 199 Å². The molecule has 2 aromatic carbocycles. The maximum atomic E-state index is 13.4. The van der Waals surface area contributed by atoms with E-state index in [2.05, 4.69) is 0 Å². The number of sulfonamides is 1. The Bertz CT molecular complexity index is 1210. The van der Waals surface area contributed by atoms with Crippen LogP contribution < -0.4 is 9.80 Å². The normalized spacial score (nSPS) is 21.5. The van der Waals surface area contributed by atoms with Crippen LogP contribution in [0, 0.1) is 5.92 Å². The minimum atomic E-state index is -3.51. The molecular formula is C24H26ClN3O4S. The molecule has 2 aromatic rings. The van der Waals surface area contributed by atoms with Crippen molar-refractivity contribution in [2.24, 2.45) is 5.92 Å². The number of aryl methyl sites for hydroxylation is 1. The van der Waals surface area contributed by atoms with Gasteiger partial charge in [-0.2, -0.15) is 4.31 Å². The third kappa shape index (κ3) is 4.16. The van der Waals surface area contributed by atoms with Gasteiger partial charge in [0.05, 0.1) is 10.8 Å². The van der Waals surface area contributed by atoms with Gasteiger partial charge in [-0.05, 0) is 67.6 Å². The molecule has 1 atom stereocenters. The molecule has 174 valence electrons. The zero-order valence-corrected chi connectivity index (χ0v) is 19.8. The Balaban J connectivity index is 1.37. The molecule has 0 saturated carbocycles. The summed E-state index contributed by atoms with van der Waals surface area (Å²) in [5.74, 6) is -0.640. The number of carbonyl (C=O) groups is 2. The second kappa shape index (κ2) is 8.74. The molecule has 0 spiro atoms. The van der Waals surface area contributed by atoms with Crippen LogP contribution in [0.1, 0.15) is 31.2 Å². The molecule has 33 heavy (non-hydrogen) atoms. The minimum Gasteiger partial charge on any atom is -0.312 e. The predicted molar refractivity (Wildman–Crippen MR) is 127 cm³/mol. The molecule has 3 aliphatic rings. The summed E-state index contributed by atoms with van der Waals surface area (Å²) in [4.78, 5) is 29.7. The van der Waals surface area contributed by atoms with Crippen LogP contribution in [-0.4, -0.2) is 50.7 Å². The Morgan fingerprint density at radius 3 is 2.55 bits per heavy atom. The number of nitrogens with zero attached hydrogens (tertiary/aromatic N) is 3. The summed E-state index contributed by atoms with van der Waals surface area (Å²) in [6, 6.07) is 12.2. The fourth-order valence-electron chi connectivity index (χ4n) is 5.03. The number of fused-ring (bicyclic) bond motifs is 1. The van der Waals surface area contributed by atoms with Gasteiger partial charge in [0.15, 0.2) is 0 Å². The summed E-state index contributed by atoms with van der Waals surface area (Å²) in [6.07, 6.45) is 3.40. The lowest BCUT2D eigenvalue weighted by Gasteiger charge is -2.32. The van der Waals surface area contributed by atoms with E-state index in [9.17, 15) is 18.0 Å². The Morgan fingerprint density at radius 2 is 1.79 bits per heavy atom. The third-order valence-electron chi connectivity index (χ3n) is 6.73. The quantitative estimate of drug-likeness (QED) is 0.661. The number of rotatable bonds is 4. The second-order valence-electron chi connectivity index (χ2n) is 8.88. The van der Waals surface area contributed by atoms with Crippen molar-refractivity contribution >= 4 is 44.8 Å². The zero-order chi connectivity index (χ0) is 23.2. The number of halogens is 1. The van der Waals surface area contributed by atoms with Crippen LogP contribution in [0.15, 0.2) is 47.4 Å². The van der Waals surface area contributed by atoms with Crippen LogP contribution in [0.5, 0.6) is 0 Å². The average Bonchev–Trinajstić information content (AvgIpc) is 3.48. The monoisotopic (exact) mass is 487 g/mol. The Kier molecular flexibility index (Phi) is 5.93. The molecule has 9 heteroatoms. The summed E-state index contributed by atoms with van der Waals surface area (Å²) < 4.78 is 27.5. The summed E-state index contributed by atoms with van der Waals surface area (Å²) in [5, 5.41) is 0.541. The molecule has 2 saturated heterocycles. The van der Waals surface area contributed by atoms with E-state index >= 15 is 0 Å². The van der Waals surface area contributed by atoms with Crippen LogP contribution >= 0.6 is 11.6 Å². The van der Waals surface area contributed by atoms with Crippen LogP contribution in [0.2, 0.25) is 5.02 Å². The molecule has 7 nitrogen and oxygen atoms in total. The molecule has 0 bridgehead atoms. The van der Waals surface area contributed by atoms with Gasteiger partial charge in [-0.15, -0.1) is 0 Å². The van der Waals surface area contributed by atoms with Crippen molar-refractivity contribution in [2.45, 2.75) is 37.0 Å². The molecule has 0 radical (unpaired) electrons. The van der Waals surface area contributed by atoms with Gasteiger partial charge < -0.3 is 9.80 Å². The van der Waals surface area contributed by atoms with Gasteiger partial charge in [0.25, 0.3) is 0 Å². The van der Waals surface area contributed by atoms with Crippen molar-refractivity contribution in [2.75, 3.05) is 36.0 Å².